The zero-order valence-corrected chi connectivity index (χ0v) is 10.6. The number of hydrogen-bond donors (Lipinski definition) is 0. The van der Waals surface area contributed by atoms with Crippen molar-refractivity contribution in [3.8, 4) is 11.3 Å². The largest absolute Gasteiger partial charge is 0.356 e. The van der Waals surface area contributed by atoms with Gasteiger partial charge in [-0.1, -0.05) is 33.2 Å². The lowest BCUT2D eigenvalue weighted by molar-refractivity contribution is 0.426. The molecule has 4 heteroatoms. The van der Waals surface area contributed by atoms with Gasteiger partial charge in [0.1, 0.15) is 0 Å². The summed E-state index contributed by atoms with van der Waals surface area (Å²) in [6.07, 6.45) is 2.06. The minimum atomic E-state index is 0.722. The van der Waals surface area contributed by atoms with Crippen LogP contribution in [0.2, 0.25) is 0 Å². The van der Waals surface area contributed by atoms with Gasteiger partial charge in [0.15, 0.2) is 5.76 Å². The fourth-order valence-electron chi connectivity index (χ4n) is 1.27. The molecule has 0 spiro atoms. The summed E-state index contributed by atoms with van der Waals surface area (Å²) in [5.74, 6) is 0.817. The predicted molar refractivity (Wildman–Crippen MR) is 66.4 cm³/mol. The molecule has 1 aromatic carbocycles. The molecular weight excluding hydrogens is 274 g/mol. The second-order valence-electron chi connectivity index (χ2n) is 3.04. The highest BCUT2D eigenvalue weighted by Crippen LogP contribution is 2.24. The van der Waals surface area contributed by atoms with Gasteiger partial charge in [-0.15, -0.1) is 11.8 Å². The van der Waals surface area contributed by atoms with Crippen LogP contribution in [0.3, 0.4) is 0 Å². The maximum absolute atomic E-state index is 5.23. The van der Waals surface area contributed by atoms with Crippen LogP contribution in [0.25, 0.3) is 11.3 Å². The Labute approximate surface area is 101 Å². The molecule has 0 amide bonds. The van der Waals surface area contributed by atoms with E-state index in [0.29, 0.717) is 0 Å². The summed E-state index contributed by atoms with van der Waals surface area (Å²) >= 11 is 5.07. The smallest absolute Gasteiger partial charge is 0.167 e. The summed E-state index contributed by atoms with van der Waals surface area (Å²) in [5.41, 5.74) is 1.98. The molecular formula is C11H10BrNOS. The fraction of sp³-hybridized carbons (Fsp3) is 0.182. The molecule has 0 bridgehead atoms. The average molecular weight is 284 g/mol. The number of benzene rings is 1. The van der Waals surface area contributed by atoms with Crippen molar-refractivity contribution in [1.82, 2.24) is 5.16 Å². The quantitative estimate of drug-likeness (QED) is 0.630. The van der Waals surface area contributed by atoms with Crippen molar-refractivity contribution in [2.45, 2.75) is 10.2 Å². The molecule has 1 heterocycles. The second kappa shape index (κ2) is 4.86. The molecule has 0 N–H and O–H groups in total. The van der Waals surface area contributed by atoms with Crippen LogP contribution in [0.4, 0.5) is 0 Å². The van der Waals surface area contributed by atoms with Crippen molar-refractivity contribution in [1.29, 1.82) is 0 Å². The SMILES string of the molecule is CSc1ccc(-c2cc(CBr)no2)cc1. The van der Waals surface area contributed by atoms with E-state index in [0.717, 1.165) is 22.3 Å². The van der Waals surface area contributed by atoms with Crippen LogP contribution >= 0.6 is 27.7 Å². The fourth-order valence-corrected chi connectivity index (χ4v) is 1.94. The van der Waals surface area contributed by atoms with Gasteiger partial charge in [0, 0.05) is 21.9 Å². The number of hydrogen-bond acceptors (Lipinski definition) is 3. The number of thioether (sulfide) groups is 1. The zero-order valence-electron chi connectivity index (χ0n) is 8.24. The van der Waals surface area contributed by atoms with Gasteiger partial charge in [0.2, 0.25) is 0 Å². The molecule has 2 nitrogen and oxygen atoms in total. The average Bonchev–Trinajstić information content (AvgIpc) is 2.78. The molecule has 0 aliphatic rings. The molecule has 15 heavy (non-hydrogen) atoms. The molecule has 0 atom stereocenters. The van der Waals surface area contributed by atoms with Gasteiger partial charge in [-0.3, -0.25) is 0 Å². The lowest BCUT2D eigenvalue weighted by atomic mass is 10.2. The molecule has 78 valence electrons. The summed E-state index contributed by atoms with van der Waals surface area (Å²) in [4.78, 5) is 1.25. The van der Waals surface area contributed by atoms with Crippen LogP contribution in [0.1, 0.15) is 5.69 Å². The highest BCUT2D eigenvalue weighted by atomic mass is 79.9. The molecule has 2 rings (SSSR count). The van der Waals surface area contributed by atoms with E-state index in [9.17, 15) is 0 Å². The van der Waals surface area contributed by atoms with E-state index in [2.05, 4.69) is 39.5 Å². The Kier molecular flexibility index (Phi) is 3.49. The maximum Gasteiger partial charge on any atom is 0.167 e. The van der Waals surface area contributed by atoms with E-state index in [1.807, 2.05) is 18.2 Å². The Morgan fingerprint density at radius 2 is 2.07 bits per heavy atom. The van der Waals surface area contributed by atoms with Crippen molar-refractivity contribution >= 4 is 27.7 Å². The summed E-state index contributed by atoms with van der Waals surface area (Å²) in [6, 6.07) is 10.2. The molecule has 0 aliphatic heterocycles. The summed E-state index contributed by atoms with van der Waals surface area (Å²) in [5, 5.41) is 4.65. The summed E-state index contributed by atoms with van der Waals surface area (Å²) in [7, 11) is 0. The predicted octanol–water partition coefficient (Wildman–Crippen LogP) is 3.96. The van der Waals surface area contributed by atoms with Gasteiger partial charge in [-0.05, 0) is 18.4 Å². The third-order valence-electron chi connectivity index (χ3n) is 2.07. The molecule has 0 radical (unpaired) electrons. The molecule has 1 aromatic heterocycles. The second-order valence-corrected chi connectivity index (χ2v) is 4.49. The molecule has 0 aliphatic carbocycles. The van der Waals surface area contributed by atoms with E-state index >= 15 is 0 Å². The van der Waals surface area contributed by atoms with Gasteiger partial charge < -0.3 is 4.52 Å². The molecule has 0 saturated carbocycles. The zero-order chi connectivity index (χ0) is 10.7. The van der Waals surface area contributed by atoms with Crippen molar-refractivity contribution in [2.75, 3.05) is 6.26 Å². The van der Waals surface area contributed by atoms with E-state index in [1.54, 1.807) is 11.8 Å². The first-order chi connectivity index (χ1) is 7.33. The summed E-state index contributed by atoms with van der Waals surface area (Å²) in [6.45, 7) is 0. The third-order valence-corrected chi connectivity index (χ3v) is 3.39. The number of halogens is 1. The molecule has 2 aromatic rings. The molecule has 0 fully saturated rings. The van der Waals surface area contributed by atoms with Crippen molar-refractivity contribution in [3.05, 3.63) is 36.0 Å². The highest BCUT2D eigenvalue weighted by molar-refractivity contribution is 9.08. The first kappa shape index (κ1) is 10.8. The van der Waals surface area contributed by atoms with E-state index < -0.39 is 0 Å². The number of aromatic nitrogens is 1. The lowest BCUT2D eigenvalue weighted by Gasteiger charge is -1.97. The normalized spacial score (nSPS) is 10.5. The Hall–Kier alpha value is -0.740. The standard InChI is InChI=1S/C11H10BrNOS/c1-15-10-4-2-8(3-5-10)11-6-9(7-12)13-14-11/h2-6H,7H2,1H3. The van der Waals surface area contributed by atoms with Crippen LogP contribution in [0, 0.1) is 0 Å². The van der Waals surface area contributed by atoms with Gasteiger partial charge in [0.05, 0.1) is 5.69 Å². The van der Waals surface area contributed by atoms with Gasteiger partial charge >= 0.3 is 0 Å². The Morgan fingerprint density at radius 3 is 2.60 bits per heavy atom. The van der Waals surface area contributed by atoms with Crippen LogP contribution in [0.5, 0.6) is 0 Å². The highest BCUT2D eigenvalue weighted by Gasteiger charge is 2.05. The van der Waals surface area contributed by atoms with Crippen LogP contribution in [0.15, 0.2) is 39.8 Å². The van der Waals surface area contributed by atoms with Gasteiger partial charge in [-0.2, -0.15) is 0 Å². The van der Waals surface area contributed by atoms with Gasteiger partial charge in [-0.25, -0.2) is 0 Å². The first-order valence-electron chi connectivity index (χ1n) is 4.49. The van der Waals surface area contributed by atoms with Crippen molar-refractivity contribution < 1.29 is 4.52 Å². The maximum atomic E-state index is 5.23. The van der Waals surface area contributed by atoms with Crippen molar-refractivity contribution in [3.63, 3.8) is 0 Å². The summed E-state index contributed by atoms with van der Waals surface area (Å²) < 4.78 is 5.23. The molecule has 0 saturated heterocycles. The van der Waals surface area contributed by atoms with Crippen molar-refractivity contribution in [2.24, 2.45) is 0 Å². The Balaban J connectivity index is 2.28. The minimum absolute atomic E-state index is 0.722. The molecule has 0 unspecified atom stereocenters. The Bertz CT molecular complexity index is 438. The lowest BCUT2D eigenvalue weighted by Crippen LogP contribution is -1.74. The van der Waals surface area contributed by atoms with Crippen LogP contribution < -0.4 is 0 Å². The van der Waals surface area contributed by atoms with E-state index in [4.69, 9.17) is 4.52 Å². The number of alkyl halides is 1. The van der Waals surface area contributed by atoms with E-state index in [1.165, 1.54) is 4.90 Å². The van der Waals surface area contributed by atoms with E-state index in [-0.39, 0.29) is 0 Å². The number of rotatable bonds is 3. The minimum Gasteiger partial charge on any atom is -0.356 e. The monoisotopic (exact) mass is 283 g/mol. The van der Waals surface area contributed by atoms with Crippen LogP contribution in [-0.2, 0) is 5.33 Å². The first-order valence-corrected chi connectivity index (χ1v) is 6.84. The van der Waals surface area contributed by atoms with Gasteiger partial charge in [0.25, 0.3) is 0 Å². The third kappa shape index (κ3) is 2.44. The number of nitrogens with zero attached hydrogens (tertiary/aromatic N) is 1. The van der Waals surface area contributed by atoms with Crippen LogP contribution in [-0.4, -0.2) is 11.4 Å². The topological polar surface area (TPSA) is 26.0 Å². The Morgan fingerprint density at radius 1 is 1.33 bits per heavy atom.